The van der Waals surface area contributed by atoms with Crippen LogP contribution in [0.25, 0.3) is 0 Å². The molecular weight excluding hydrogens is 192 g/mol. The highest BCUT2D eigenvalue weighted by Gasteiger charge is 1.94. The molecule has 4 nitrogen and oxygen atoms in total. The SMILES string of the molecule is CCCCOCCOc1ccc(N)cn1. The van der Waals surface area contributed by atoms with Gasteiger partial charge in [0.15, 0.2) is 0 Å². The maximum atomic E-state index is 5.49. The summed E-state index contributed by atoms with van der Waals surface area (Å²) in [5, 5.41) is 0. The van der Waals surface area contributed by atoms with Crippen molar-refractivity contribution in [3.8, 4) is 5.88 Å². The molecule has 15 heavy (non-hydrogen) atoms. The van der Waals surface area contributed by atoms with Crippen LogP contribution in [0.3, 0.4) is 0 Å². The predicted octanol–water partition coefficient (Wildman–Crippen LogP) is 1.86. The van der Waals surface area contributed by atoms with Crippen LogP contribution in [-0.4, -0.2) is 24.8 Å². The summed E-state index contributed by atoms with van der Waals surface area (Å²) in [5.74, 6) is 0.586. The quantitative estimate of drug-likeness (QED) is 0.698. The highest BCUT2D eigenvalue weighted by molar-refractivity contribution is 5.35. The van der Waals surface area contributed by atoms with Crippen LogP contribution in [0.5, 0.6) is 5.88 Å². The molecule has 0 aromatic carbocycles. The van der Waals surface area contributed by atoms with E-state index in [0.717, 1.165) is 19.4 Å². The normalized spacial score (nSPS) is 10.2. The minimum atomic E-state index is 0.528. The average molecular weight is 210 g/mol. The first-order chi connectivity index (χ1) is 7.33. The van der Waals surface area contributed by atoms with E-state index in [1.54, 1.807) is 18.3 Å². The summed E-state index contributed by atoms with van der Waals surface area (Å²) in [6.07, 6.45) is 3.83. The summed E-state index contributed by atoms with van der Waals surface area (Å²) in [4.78, 5) is 4.01. The molecule has 0 amide bonds. The number of unbranched alkanes of at least 4 members (excludes halogenated alkanes) is 1. The number of hydrogen-bond donors (Lipinski definition) is 1. The Kier molecular flexibility index (Phi) is 5.55. The molecule has 0 spiro atoms. The van der Waals surface area contributed by atoms with E-state index in [1.807, 2.05) is 0 Å². The van der Waals surface area contributed by atoms with Crippen LogP contribution in [0.2, 0.25) is 0 Å². The summed E-state index contributed by atoms with van der Waals surface area (Å²) in [6, 6.07) is 3.52. The van der Waals surface area contributed by atoms with Crippen molar-refractivity contribution in [2.75, 3.05) is 25.6 Å². The Bertz CT molecular complexity index is 262. The van der Waals surface area contributed by atoms with Gasteiger partial charge in [0, 0.05) is 12.7 Å². The molecular formula is C11H18N2O2. The van der Waals surface area contributed by atoms with Crippen molar-refractivity contribution in [1.29, 1.82) is 0 Å². The molecule has 1 aromatic heterocycles. The van der Waals surface area contributed by atoms with Gasteiger partial charge < -0.3 is 15.2 Å². The summed E-state index contributed by atoms with van der Waals surface area (Å²) >= 11 is 0. The lowest BCUT2D eigenvalue weighted by Crippen LogP contribution is -2.08. The van der Waals surface area contributed by atoms with Crippen LogP contribution >= 0.6 is 0 Å². The third kappa shape index (κ3) is 5.22. The number of nitrogen functional groups attached to an aromatic ring is 1. The molecule has 0 saturated heterocycles. The van der Waals surface area contributed by atoms with Gasteiger partial charge in [0.2, 0.25) is 5.88 Å². The van der Waals surface area contributed by atoms with Crippen LogP contribution in [0, 0.1) is 0 Å². The zero-order valence-corrected chi connectivity index (χ0v) is 9.11. The highest BCUT2D eigenvalue weighted by Crippen LogP contribution is 2.07. The molecule has 0 aliphatic carbocycles. The number of rotatable bonds is 7. The molecule has 0 unspecified atom stereocenters. The van der Waals surface area contributed by atoms with Gasteiger partial charge in [0.25, 0.3) is 0 Å². The highest BCUT2D eigenvalue weighted by atomic mass is 16.5. The van der Waals surface area contributed by atoms with Crippen LogP contribution in [0.1, 0.15) is 19.8 Å². The number of hydrogen-bond acceptors (Lipinski definition) is 4. The van der Waals surface area contributed by atoms with Gasteiger partial charge in [-0.2, -0.15) is 0 Å². The molecule has 0 bridgehead atoms. The minimum absolute atomic E-state index is 0.528. The monoisotopic (exact) mass is 210 g/mol. The summed E-state index contributed by atoms with van der Waals surface area (Å²) in [6.45, 7) is 4.07. The Morgan fingerprint density at radius 2 is 2.13 bits per heavy atom. The van der Waals surface area contributed by atoms with Gasteiger partial charge in [-0.15, -0.1) is 0 Å². The van der Waals surface area contributed by atoms with Crippen molar-refractivity contribution in [3.63, 3.8) is 0 Å². The zero-order valence-electron chi connectivity index (χ0n) is 9.11. The van der Waals surface area contributed by atoms with E-state index >= 15 is 0 Å². The van der Waals surface area contributed by atoms with Crippen LogP contribution in [-0.2, 0) is 4.74 Å². The van der Waals surface area contributed by atoms with Gasteiger partial charge >= 0.3 is 0 Å². The third-order valence-electron chi connectivity index (χ3n) is 1.88. The lowest BCUT2D eigenvalue weighted by Gasteiger charge is -2.05. The van der Waals surface area contributed by atoms with Crippen LogP contribution in [0.4, 0.5) is 5.69 Å². The summed E-state index contributed by atoms with van der Waals surface area (Å²) in [5.41, 5.74) is 6.13. The molecule has 84 valence electrons. The van der Waals surface area contributed by atoms with E-state index in [0.29, 0.717) is 24.8 Å². The van der Waals surface area contributed by atoms with E-state index in [1.165, 1.54) is 0 Å². The number of pyridine rings is 1. The second-order valence-electron chi connectivity index (χ2n) is 3.24. The van der Waals surface area contributed by atoms with Gasteiger partial charge in [-0.25, -0.2) is 4.98 Å². The third-order valence-corrected chi connectivity index (χ3v) is 1.88. The van der Waals surface area contributed by atoms with Crippen molar-refractivity contribution < 1.29 is 9.47 Å². The van der Waals surface area contributed by atoms with Crippen molar-refractivity contribution in [2.24, 2.45) is 0 Å². The summed E-state index contributed by atoms with van der Waals surface area (Å²) in [7, 11) is 0. The lowest BCUT2D eigenvalue weighted by atomic mass is 10.4. The van der Waals surface area contributed by atoms with Gasteiger partial charge in [-0.05, 0) is 12.5 Å². The molecule has 0 saturated carbocycles. The Labute approximate surface area is 90.4 Å². The molecule has 1 aromatic rings. The largest absolute Gasteiger partial charge is 0.475 e. The van der Waals surface area contributed by atoms with Gasteiger partial charge in [-0.1, -0.05) is 13.3 Å². The lowest BCUT2D eigenvalue weighted by molar-refractivity contribution is 0.0965. The first-order valence-corrected chi connectivity index (χ1v) is 5.25. The Morgan fingerprint density at radius 3 is 2.80 bits per heavy atom. The van der Waals surface area contributed by atoms with E-state index in [9.17, 15) is 0 Å². The number of nitrogens with two attached hydrogens (primary N) is 1. The second kappa shape index (κ2) is 7.06. The van der Waals surface area contributed by atoms with Crippen molar-refractivity contribution >= 4 is 5.69 Å². The molecule has 0 radical (unpaired) electrons. The number of ether oxygens (including phenoxy) is 2. The van der Waals surface area contributed by atoms with E-state index in [-0.39, 0.29) is 0 Å². The molecule has 0 aliphatic heterocycles. The first kappa shape index (κ1) is 11.8. The van der Waals surface area contributed by atoms with E-state index in [2.05, 4.69) is 11.9 Å². The van der Waals surface area contributed by atoms with Gasteiger partial charge in [0.05, 0.1) is 18.5 Å². The van der Waals surface area contributed by atoms with Crippen molar-refractivity contribution in [1.82, 2.24) is 4.98 Å². The second-order valence-corrected chi connectivity index (χ2v) is 3.24. The zero-order chi connectivity index (χ0) is 10.9. The standard InChI is InChI=1S/C11H18N2O2/c1-2-3-6-14-7-8-15-11-5-4-10(12)9-13-11/h4-5,9H,2-3,6-8,12H2,1H3. The topological polar surface area (TPSA) is 57.4 Å². The van der Waals surface area contributed by atoms with Crippen molar-refractivity contribution in [3.05, 3.63) is 18.3 Å². The fraction of sp³-hybridized carbons (Fsp3) is 0.545. The average Bonchev–Trinajstić information content (AvgIpc) is 2.26. The molecule has 4 heteroatoms. The molecule has 0 fully saturated rings. The van der Waals surface area contributed by atoms with Gasteiger partial charge in [-0.3, -0.25) is 0 Å². The Balaban J connectivity index is 2.07. The maximum Gasteiger partial charge on any atom is 0.213 e. The number of nitrogens with zero attached hydrogens (tertiary/aromatic N) is 1. The smallest absolute Gasteiger partial charge is 0.213 e. The predicted molar refractivity (Wildman–Crippen MR) is 59.9 cm³/mol. The molecule has 0 atom stereocenters. The number of aromatic nitrogens is 1. The van der Waals surface area contributed by atoms with Gasteiger partial charge in [0.1, 0.15) is 6.61 Å². The molecule has 0 aliphatic rings. The fourth-order valence-corrected chi connectivity index (χ4v) is 1.03. The fourth-order valence-electron chi connectivity index (χ4n) is 1.03. The molecule has 1 heterocycles. The maximum absolute atomic E-state index is 5.49. The molecule has 2 N–H and O–H groups in total. The van der Waals surface area contributed by atoms with Crippen LogP contribution < -0.4 is 10.5 Å². The van der Waals surface area contributed by atoms with E-state index < -0.39 is 0 Å². The first-order valence-electron chi connectivity index (χ1n) is 5.25. The molecule has 1 rings (SSSR count). The van der Waals surface area contributed by atoms with E-state index in [4.69, 9.17) is 15.2 Å². The Hall–Kier alpha value is -1.29. The van der Waals surface area contributed by atoms with Crippen molar-refractivity contribution in [2.45, 2.75) is 19.8 Å². The Morgan fingerprint density at radius 1 is 1.27 bits per heavy atom. The number of anilines is 1. The van der Waals surface area contributed by atoms with Crippen LogP contribution in [0.15, 0.2) is 18.3 Å². The summed E-state index contributed by atoms with van der Waals surface area (Å²) < 4.78 is 10.7. The minimum Gasteiger partial charge on any atom is -0.475 e.